The van der Waals surface area contributed by atoms with Crippen molar-refractivity contribution >= 4 is 29.0 Å². The standard InChI is InChI=1S/C20H21ClFN3O2/c21-14-2-4-16-13(11-14)1-5-17(16)23-20(26)24-18-6-3-15(22)12-19(18)25-7-9-27-10-8-25/h2-4,6,11-12,17H,1,5,7-10H2,(H2,23,24,26)/t17-/m1/s1. The normalized spacial score (nSPS) is 18.9. The molecule has 1 heterocycles. The van der Waals surface area contributed by atoms with Crippen LogP contribution in [0.5, 0.6) is 0 Å². The number of hydrogen-bond acceptors (Lipinski definition) is 3. The van der Waals surface area contributed by atoms with Crippen molar-refractivity contribution in [1.29, 1.82) is 0 Å². The zero-order valence-corrected chi connectivity index (χ0v) is 15.6. The molecule has 0 saturated carbocycles. The van der Waals surface area contributed by atoms with Crippen molar-refractivity contribution in [3.63, 3.8) is 0 Å². The molecule has 2 aliphatic rings. The van der Waals surface area contributed by atoms with Crippen LogP contribution in [0.2, 0.25) is 5.02 Å². The van der Waals surface area contributed by atoms with Gasteiger partial charge in [0.15, 0.2) is 0 Å². The van der Waals surface area contributed by atoms with Gasteiger partial charge in [0.2, 0.25) is 0 Å². The SMILES string of the molecule is O=C(Nc1ccc(F)cc1N1CCOCC1)N[C@@H]1CCc2cc(Cl)ccc21. The fraction of sp³-hybridized carbons (Fsp3) is 0.350. The van der Waals surface area contributed by atoms with Crippen molar-refractivity contribution in [3.05, 3.63) is 58.4 Å². The molecule has 0 aromatic heterocycles. The summed E-state index contributed by atoms with van der Waals surface area (Å²) in [5.74, 6) is -0.330. The van der Waals surface area contributed by atoms with E-state index >= 15 is 0 Å². The van der Waals surface area contributed by atoms with E-state index in [9.17, 15) is 9.18 Å². The van der Waals surface area contributed by atoms with Gasteiger partial charge in [-0.1, -0.05) is 17.7 Å². The van der Waals surface area contributed by atoms with Gasteiger partial charge in [0.05, 0.1) is 30.6 Å². The Morgan fingerprint density at radius 3 is 2.81 bits per heavy atom. The molecule has 1 saturated heterocycles. The number of urea groups is 1. The molecule has 1 fully saturated rings. The molecule has 7 heteroatoms. The van der Waals surface area contributed by atoms with E-state index in [1.54, 1.807) is 6.07 Å². The van der Waals surface area contributed by atoms with Crippen LogP contribution in [0.1, 0.15) is 23.6 Å². The number of halogens is 2. The van der Waals surface area contributed by atoms with E-state index in [1.165, 1.54) is 17.7 Å². The monoisotopic (exact) mass is 389 g/mol. The third kappa shape index (κ3) is 4.01. The Bertz CT molecular complexity index is 855. The lowest BCUT2D eigenvalue weighted by Crippen LogP contribution is -2.37. The maximum Gasteiger partial charge on any atom is 0.319 e. The Morgan fingerprint density at radius 1 is 1.19 bits per heavy atom. The van der Waals surface area contributed by atoms with Gasteiger partial charge in [-0.25, -0.2) is 9.18 Å². The number of fused-ring (bicyclic) bond motifs is 1. The first-order chi connectivity index (χ1) is 13.1. The molecule has 1 aliphatic heterocycles. The van der Waals surface area contributed by atoms with Gasteiger partial charge in [-0.05, 0) is 54.3 Å². The van der Waals surface area contributed by atoms with Crippen LogP contribution < -0.4 is 15.5 Å². The number of hydrogen-bond donors (Lipinski definition) is 2. The molecule has 142 valence electrons. The van der Waals surface area contributed by atoms with E-state index in [4.69, 9.17) is 16.3 Å². The minimum Gasteiger partial charge on any atom is -0.378 e. The molecule has 5 nitrogen and oxygen atoms in total. The lowest BCUT2D eigenvalue weighted by Gasteiger charge is -2.30. The van der Waals surface area contributed by atoms with E-state index in [-0.39, 0.29) is 17.9 Å². The summed E-state index contributed by atoms with van der Waals surface area (Å²) in [6, 6.07) is 9.81. The second-order valence-corrected chi connectivity index (χ2v) is 7.23. The number of aryl methyl sites for hydroxylation is 1. The average molecular weight is 390 g/mol. The van der Waals surface area contributed by atoms with Gasteiger partial charge in [-0.2, -0.15) is 0 Å². The molecule has 2 aromatic rings. The van der Waals surface area contributed by atoms with Crippen LogP contribution in [-0.4, -0.2) is 32.3 Å². The maximum absolute atomic E-state index is 13.8. The summed E-state index contributed by atoms with van der Waals surface area (Å²) in [5, 5.41) is 6.61. The van der Waals surface area contributed by atoms with Crippen LogP contribution in [0.4, 0.5) is 20.6 Å². The Hall–Kier alpha value is -2.31. The quantitative estimate of drug-likeness (QED) is 0.830. The van der Waals surface area contributed by atoms with Crippen LogP contribution in [0.15, 0.2) is 36.4 Å². The van der Waals surface area contributed by atoms with Crippen molar-refractivity contribution in [2.24, 2.45) is 0 Å². The summed E-state index contributed by atoms with van der Waals surface area (Å²) in [7, 11) is 0. The second kappa shape index (κ2) is 7.74. The fourth-order valence-corrected chi connectivity index (χ4v) is 3.92. The minimum absolute atomic E-state index is 0.0513. The molecule has 4 rings (SSSR count). The Kier molecular flexibility index (Phi) is 5.18. The number of amides is 2. The first kappa shape index (κ1) is 18.1. The summed E-state index contributed by atoms with van der Waals surface area (Å²) in [4.78, 5) is 14.6. The third-order valence-electron chi connectivity index (χ3n) is 5.05. The smallest absolute Gasteiger partial charge is 0.319 e. The van der Waals surface area contributed by atoms with Gasteiger partial charge >= 0.3 is 6.03 Å². The van der Waals surface area contributed by atoms with E-state index in [2.05, 4.69) is 10.6 Å². The molecule has 0 radical (unpaired) electrons. The van der Waals surface area contributed by atoms with Crippen LogP contribution in [0, 0.1) is 5.82 Å². The molecule has 0 bridgehead atoms. The zero-order chi connectivity index (χ0) is 18.8. The summed E-state index contributed by atoms with van der Waals surface area (Å²) in [6.45, 7) is 2.50. The Labute approximate surface area is 162 Å². The number of carbonyl (C=O) groups is 1. The van der Waals surface area contributed by atoms with Crippen molar-refractivity contribution < 1.29 is 13.9 Å². The highest BCUT2D eigenvalue weighted by molar-refractivity contribution is 6.30. The lowest BCUT2D eigenvalue weighted by molar-refractivity contribution is 0.122. The summed E-state index contributed by atoms with van der Waals surface area (Å²) in [5.41, 5.74) is 3.53. The third-order valence-corrected chi connectivity index (χ3v) is 5.28. The molecule has 27 heavy (non-hydrogen) atoms. The number of anilines is 2. The summed E-state index contributed by atoms with van der Waals surface area (Å²) >= 11 is 6.04. The molecular weight excluding hydrogens is 369 g/mol. The highest BCUT2D eigenvalue weighted by Crippen LogP contribution is 2.33. The zero-order valence-electron chi connectivity index (χ0n) is 14.8. The van der Waals surface area contributed by atoms with Gasteiger partial charge in [0.25, 0.3) is 0 Å². The van der Waals surface area contributed by atoms with Gasteiger partial charge < -0.3 is 20.3 Å². The highest BCUT2D eigenvalue weighted by Gasteiger charge is 2.25. The van der Waals surface area contributed by atoms with Crippen molar-refractivity contribution in [2.75, 3.05) is 36.5 Å². The van der Waals surface area contributed by atoms with Gasteiger partial charge in [-0.3, -0.25) is 0 Å². The van der Waals surface area contributed by atoms with Crippen LogP contribution >= 0.6 is 11.6 Å². The van der Waals surface area contributed by atoms with Crippen molar-refractivity contribution in [3.8, 4) is 0 Å². The van der Waals surface area contributed by atoms with Gasteiger partial charge in [-0.15, -0.1) is 0 Å². The number of rotatable bonds is 3. The number of benzene rings is 2. The number of nitrogens with one attached hydrogen (secondary N) is 2. The molecule has 0 unspecified atom stereocenters. The van der Waals surface area contributed by atoms with E-state index in [0.717, 1.165) is 18.4 Å². The van der Waals surface area contributed by atoms with Gasteiger partial charge in [0, 0.05) is 18.1 Å². The molecular formula is C20H21ClFN3O2. The number of carbonyl (C=O) groups excluding carboxylic acids is 1. The van der Waals surface area contributed by atoms with E-state index in [0.29, 0.717) is 42.7 Å². The van der Waals surface area contributed by atoms with Crippen LogP contribution in [0.3, 0.4) is 0 Å². The summed E-state index contributed by atoms with van der Waals surface area (Å²) < 4.78 is 19.1. The molecule has 2 N–H and O–H groups in total. The molecule has 2 amide bonds. The summed E-state index contributed by atoms with van der Waals surface area (Å²) in [6.07, 6.45) is 1.72. The number of nitrogens with zero attached hydrogens (tertiary/aromatic N) is 1. The second-order valence-electron chi connectivity index (χ2n) is 6.79. The molecule has 0 spiro atoms. The number of morpholine rings is 1. The fourth-order valence-electron chi connectivity index (χ4n) is 3.73. The Morgan fingerprint density at radius 2 is 2.00 bits per heavy atom. The first-order valence-corrected chi connectivity index (χ1v) is 9.46. The average Bonchev–Trinajstić information content (AvgIpc) is 3.05. The topological polar surface area (TPSA) is 53.6 Å². The number of ether oxygens (including phenoxy) is 1. The van der Waals surface area contributed by atoms with Crippen LogP contribution in [-0.2, 0) is 11.2 Å². The first-order valence-electron chi connectivity index (χ1n) is 9.08. The maximum atomic E-state index is 13.8. The predicted octanol–water partition coefficient (Wildman–Crippen LogP) is 4.12. The van der Waals surface area contributed by atoms with Crippen LogP contribution in [0.25, 0.3) is 0 Å². The molecule has 2 aromatic carbocycles. The Balaban J connectivity index is 1.48. The van der Waals surface area contributed by atoms with E-state index < -0.39 is 0 Å². The predicted molar refractivity (Wildman–Crippen MR) is 104 cm³/mol. The van der Waals surface area contributed by atoms with Crippen molar-refractivity contribution in [2.45, 2.75) is 18.9 Å². The van der Waals surface area contributed by atoms with E-state index in [1.807, 2.05) is 23.1 Å². The molecule has 1 aliphatic carbocycles. The molecule has 1 atom stereocenters. The lowest BCUT2D eigenvalue weighted by atomic mass is 10.1. The minimum atomic E-state index is -0.330. The highest BCUT2D eigenvalue weighted by atomic mass is 35.5. The largest absolute Gasteiger partial charge is 0.378 e. The van der Waals surface area contributed by atoms with Crippen molar-refractivity contribution in [1.82, 2.24) is 5.32 Å². The van der Waals surface area contributed by atoms with Gasteiger partial charge in [0.1, 0.15) is 5.82 Å².